The lowest BCUT2D eigenvalue weighted by atomic mass is 10.0. The van der Waals surface area contributed by atoms with E-state index >= 15 is 0 Å². The smallest absolute Gasteiger partial charge is 0.317 e. The SMILES string of the molecule is CC(=O)Oc1cccc(C(=O)N2CCC(NC(=O)N(C)C)CC2)c1. The molecule has 3 amide bonds. The zero-order valence-corrected chi connectivity index (χ0v) is 14.2. The number of hydrogen-bond acceptors (Lipinski definition) is 4. The highest BCUT2D eigenvalue weighted by Gasteiger charge is 2.25. The largest absolute Gasteiger partial charge is 0.427 e. The average Bonchev–Trinajstić information content (AvgIpc) is 2.54. The Morgan fingerprint density at radius 1 is 1.21 bits per heavy atom. The van der Waals surface area contributed by atoms with Crippen LogP contribution in [-0.2, 0) is 4.79 Å². The molecule has 1 N–H and O–H groups in total. The molecule has 7 nitrogen and oxygen atoms in total. The topological polar surface area (TPSA) is 79.0 Å². The second-order valence-electron chi connectivity index (χ2n) is 6.03. The van der Waals surface area contributed by atoms with Gasteiger partial charge in [-0.2, -0.15) is 0 Å². The Bertz CT molecular complexity index is 622. The Morgan fingerprint density at radius 2 is 1.88 bits per heavy atom. The Labute approximate surface area is 141 Å². The van der Waals surface area contributed by atoms with Crippen molar-refractivity contribution >= 4 is 17.9 Å². The molecule has 0 aliphatic carbocycles. The van der Waals surface area contributed by atoms with Gasteiger partial charge in [0, 0.05) is 45.7 Å². The van der Waals surface area contributed by atoms with E-state index in [0.29, 0.717) is 24.4 Å². The van der Waals surface area contributed by atoms with Crippen molar-refractivity contribution < 1.29 is 19.1 Å². The van der Waals surface area contributed by atoms with Gasteiger partial charge in [0.15, 0.2) is 0 Å². The van der Waals surface area contributed by atoms with Crippen molar-refractivity contribution in [1.29, 1.82) is 0 Å². The Kier molecular flexibility index (Phi) is 5.78. The third-order valence-corrected chi connectivity index (χ3v) is 3.86. The first-order chi connectivity index (χ1) is 11.4. The molecular weight excluding hydrogens is 310 g/mol. The number of rotatable bonds is 3. The van der Waals surface area contributed by atoms with Crippen molar-refractivity contribution in [2.75, 3.05) is 27.2 Å². The zero-order chi connectivity index (χ0) is 17.7. The summed E-state index contributed by atoms with van der Waals surface area (Å²) in [4.78, 5) is 38.5. The number of carbonyl (C=O) groups excluding carboxylic acids is 3. The van der Waals surface area contributed by atoms with Crippen molar-refractivity contribution in [3.8, 4) is 5.75 Å². The van der Waals surface area contributed by atoms with Gasteiger partial charge >= 0.3 is 12.0 Å². The summed E-state index contributed by atoms with van der Waals surface area (Å²) in [5, 5.41) is 2.94. The summed E-state index contributed by atoms with van der Waals surface area (Å²) < 4.78 is 5.01. The predicted molar refractivity (Wildman–Crippen MR) is 88.9 cm³/mol. The number of carbonyl (C=O) groups is 3. The summed E-state index contributed by atoms with van der Waals surface area (Å²) in [5.74, 6) is -0.153. The molecule has 1 aliphatic heterocycles. The Morgan fingerprint density at radius 3 is 2.46 bits per heavy atom. The van der Waals surface area contributed by atoms with E-state index < -0.39 is 5.97 Å². The van der Waals surface area contributed by atoms with Gasteiger partial charge in [0.2, 0.25) is 0 Å². The van der Waals surface area contributed by atoms with Crippen LogP contribution in [0.3, 0.4) is 0 Å². The number of benzene rings is 1. The fraction of sp³-hybridized carbons (Fsp3) is 0.471. The molecular formula is C17H23N3O4. The van der Waals surface area contributed by atoms with E-state index in [1.807, 2.05) is 0 Å². The van der Waals surface area contributed by atoms with Crippen molar-refractivity contribution in [2.24, 2.45) is 0 Å². The first-order valence-electron chi connectivity index (χ1n) is 7.92. The van der Waals surface area contributed by atoms with Gasteiger partial charge in [0.1, 0.15) is 5.75 Å². The van der Waals surface area contributed by atoms with Gasteiger partial charge in [0.25, 0.3) is 5.91 Å². The zero-order valence-electron chi connectivity index (χ0n) is 14.2. The van der Waals surface area contributed by atoms with E-state index in [9.17, 15) is 14.4 Å². The lowest BCUT2D eigenvalue weighted by Crippen LogP contribution is -2.48. The second-order valence-corrected chi connectivity index (χ2v) is 6.03. The van der Waals surface area contributed by atoms with Crippen LogP contribution in [0.15, 0.2) is 24.3 Å². The number of piperidine rings is 1. The van der Waals surface area contributed by atoms with E-state index in [4.69, 9.17) is 4.74 Å². The summed E-state index contributed by atoms with van der Waals surface area (Å²) in [6.45, 7) is 2.48. The average molecular weight is 333 g/mol. The maximum Gasteiger partial charge on any atom is 0.317 e. The molecule has 1 heterocycles. The van der Waals surface area contributed by atoms with Crippen molar-refractivity contribution in [3.63, 3.8) is 0 Å². The van der Waals surface area contributed by atoms with Crippen LogP contribution in [0.25, 0.3) is 0 Å². The maximum absolute atomic E-state index is 12.6. The van der Waals surface area contributed by atoms with Crippen LogP contribution in [0.5, 0.6) is 5.75 Å². The summed E-state index contributed by atoms with van der Waals surface area (Å²) in [6, 6.07) is 6.57. The molecule has 0 spiro atoms. The van der Waals surface area contributed by atoms with E-state index in [1.165, 1.54) is 11.8 Å². The van der Waals surface area contributed by atoms with E-state index in [0.717, 1.165) is 12.8 Å². The molecule has 1 aromatic rings. The fourth-order valence-electron chi connectivity index (χ4n) is 2.57. The van der Waals surface area contributed by atoms with E-state index in [1.54, 1.807) is 43.3 Å². The van der Waals surface area contributed by atoms with Gasteiger partial charge in [-0.3, -0.25) is 9.59 Å². The maximum atomic E-state index is 12.6. The van der Waals surface area contributed by atoms with Crippen LogP contribution in [0.4, 0.5) is 4.79 Å². The van der Waals surface area contributed by atoms with Gasteiger partial charge < -0.3 is 19.9 Å². The number of nitrogens with zero attached hydrogens (tertiary/aromatic N) is 2. The molecule has 0 atom stereocenters. The van der Waals surface area contributed by atoms with E-state index in [2.05, 4.69) is 5.32 Å². The minimum Gasteiger partial charge on any atom is -0.427 e. The monoisotopic (exact) mass is 333 g/mol. The number of likely N-dealkylation sites (tertiary alicyclic amines) is 1. The van der Waals surface area contributed by atoms with E-state index in [-0.39, 0.29) is 18.0 Å². The molecule has 0 aromatic heterocycles. The van der Waals surface area contributed by atoms with Gasteiger partial charge in [-0.25, -0.2) is 4.79 Å². The number of nitrogens with one attached hydrogen (secondary N) is 1. The first-order valence-corrected chi connectivity index (χ1v) is 7.92. The molecule has 0 unspecified atom stereocenters. The van der Waals surface area contributed by atoms with Gasteiger partial charge in [0.05, 0.1) is 0 Å². The van der Waals surface area contributed by atoms with Crippen LogP contribution < -0.4 is 10.1 Å². The van der Waals surface area contributed by atoms with Crippen molar-refractivity contribution in [3.05, 3.63) is 29.8 Å². The van der Waals surface area contributed by atoms with Crippen molar-refractivity contribution in [1.82, 2.24) is 15.1 Å². The third kappa shape index (κ3) is 4.71. The number of hydrogen-bond donors (Lipinski definition) is 1. The lowest BCUT2D eigenvalue weighted by molar-refractivity contribution is -0.131. The molecule has 0 bridgehead atoms. The molecule has 0 radical (unpaired) electrons. The predicted octanol–water partition coefficient (Wildman–Crippen LogP) is 1.49. The van der Waals surface area contributed by atoms with Crippen molar-refractivity contribution in [2.45, 2.75) is 25.8 Å². The number of urea groups is 1. The Balaban J connectivity index is 1.93. The van der Waals surface area contributed by atoms with Crippen LogP contribution in [0, 0.1) is 0 Å². The van der Waals surface area contributed by atoms with Crippen LogP contribution in [-0.4, -0.2) is 60.9 Å². The molecule has 7 heteroatoms. The van der Waals surface area contributed by atoms with Gasteiger partial charge in [-0.15, -0.1) is 0 Å². The molecule has 1 fully saturated rings. The number of amides is 3. The first kappa shape index (κ1) is 17.8. The summed E-state index contributed by atoms with van der Waals surface area (Å²) in [7, 11) is 3.40. The highest BCUT2D eigenvalue weighted by atomic mass is 16.5. The molecule has 0 saturated carbocycles. The van der Waals surface area contributed by atoms with Gasteiger partial charge in [-0.05, 0) is 31.0 Å². The molecule has 1 aliphatic rings. The third-order valence-electron chi connectivity index (χ3n) is 3.86. The minimum absolute atomic E-state index is 0.0799. The second kappa shape index (κ2) is 7.81. The quantitative estimate of drug-likeness (QED) is 0.671. The summed E-state index contributed by atoms with van der Waals surface area (Å²) >= 11 is 0. The summed E-state index contributed by atoms with van der Waals surface area (Å²) in [6.07, 6.45) is 1.43. The molecule has 1 aromatic carbocycles. The van der Waals surface area contributed by atoms with Crippen LogP contribution >= 0.6 is 0 Å². The molecule has 1 saturated heterocycles. The number of ether oxygens (including phenoxy) is 1. The highest BCUT2D eigenvalue weighted by Crippen LogP contribution is 2.18. The molecule has 2 rings (SSSR count). The normalized spacial score (nSPS) is 14.9. The van der Waals surface area contributed by atoms with Crippen LogP contribution in [0.1, 0.15) is 30.1 Å². The lowest BCUT2D eigenvalue weighted by Gasteiger charge is -2.33. The fourth-order valence-corrected chi connectivity index (χ4v) is 2.57. The summed E-state index contributed by atoms with van der Waals surface area (Å²) in [5.41, 5.74) is 0.490. The highest BCUT2D eigenvalue weighted by molar-refractivity contribution is 5.94. The minimum atomic E-state index is -0.419. The number of esters is 1. The van der Waals surface area contributed by atoms with Crippen LogP contribution in [0.2, 0.25) is 0 Å². The molecule has 24 heavy (non-hydrogen) atoms. The molecule has 130 valence electrons. The van der Waals surface area contributed by atoms with Gasteiger partial charge in [-0.1, -0.05) is 6.07 Å². The Hall–Kier alpha value is -2.57. The standard InChI is InChI=1S/C17H23N3O4/c1-12(21)24-15-6-4-5-13(11-15)16(22)20-9-7-14(8-10-20)18-17(23)19(2)3/h4-6,11,14H,7-10H2,1-3H3,(H,18,23).